The summed E-state index contributed by atoms with van der Waals surface area (Å²) in [4.78, 5) is 6.62. The molecule has 0 atom stereocenters. The number of nitrogens with zero attached hydrogens (tertiary/aromatic N) is 2. The Morgan fingerprint density at radius 2 is 1.75 bits per heavy atom. The van der Waals surface area contributed by atoms with Crippen molar-refractivity contribution in [2.24, 2.45) is 0 Å². The van der Waals surface area contributed by atoms with Gasteiger partial charge < -0.3 is 0 Å². The Morgan fingerprint density at radius 1 is 1.05 bits per heavy atom. The standard InChI is InChI=1S/C17H19BrN2/c18-17-4-2-1-3-16(17)15-7-11-20(12-8-15)13-14-5-9-19-10-6-14/h1-6,9-10,15H,7-8,11-13H2. The van der Waals surface area contributed by atoms with E-state index in [0.29, 0.717) is 5.92 Å². The van der Waals surface area contributed by atoms with E-state index in [9.17, 15) is 0 Å². The summed E-state index contributed by atoms with van der Waals surface area (Å²) in [7, 11) is 0. The Bertz CT molecular complexity index is 548. The van der Waals surface area contributed by atoms with Crippen LogP contribution in [-0.2, 0) is 6.54 Å². The van der Waals surface area contributed by atoms with E-state index >= 15 is 0 Å². The van der Waals surface area contributed by atoms with Crippen LogP contribution < -0.4 is 0 Å². The highest BCUT2D eigenvalue weighted by atomic mass is 79.9. The van der Waals surface area contributed by atoms with Crippen LogP contribution in [0.3, 0.4) is 0 Å². The second-order valence-electron chi connectivity index (χ2n) is 5.43. The van der Waals surface area contributed by atoms with Gasteiger partial charge in [0.1, 0.15) is 0 Å². The van der Waals surface area contributed by atoms with E-state index in [1.165, 1.54) is 41.5 Å². The van der Waals surface area contributed by atoms with Crippen molar-refractivity contribution in [2.75, 3.05) is 13.1 Å². The van der Waals surface area contributed by atoms with Crippen LogP contribution in [0.15, 0.2) is 53.3 Å². The van der Waals surface area contributed by atoms with Gasteiger partial charge in [-0.25, -0.2) is 0 Å². The van der Waals surface area contributed by atoms with Crippen molar-refractivity contribution >= 4 is 15.9 Å². The summed E-state index contributed by atoms with van der Waals surface area (Å²) in [5.41, 5.74) is 2.83. The quantitative estimate of drug-likeness (QED) is 0.837. The van der Waals surface area contributed by atoms with E-state index in [-0.39, 0.29) is 0 Å². The van der Waals surface area contributed by atoms with Gasteiger partial charge in [0.2, 0.25) is 0 Å². The molecule has 0 bridgehead atoms. The van der Waals surface area contributed by atoms with Crippen molar-refractivity contribution in [1.29, 1.82) is 0 Å². The zero-order chi connectivity index (χ0) is 13.8. The Balaban J connectivity index is 1.59. The smallest absolute Gasteiger partial charge is 0.0271 e. The maximum absolute atomic E-state index is 4.08. The van der Waals surface area contributed by atoms with E-state index in [4.69, 9.17) is 0 Å². The van der Waals surface area contributed by atoms with Crippen molar-refractivity contribution in [3.8, 4) is 0 Å². The maximum Gasteiger partial charge on any atom is 0.0271 e. The molecule has 2 aromatic rings. The molecule has 0 saturated carbocycles. The van der Waals surface area contributed by atoms with Crippen molar-refractivity contribution < 1.29 is 0 Å². The largest absolute Gasteiger partial charge is 0.299 e. The SMILES string of the molecule is Brc1ccccc1C1CCN(Cc2ccncc2)CC1. The minimum atomic E-state index is 0.694. The van der Waals surface area contributed by atoms with Crippen LogP contribution in [0.25, 0.3) is 0 Å². The number of aromatic nitrogens is 1. The Morgan fingerprint density at radius 3 is 2.45 bits per heavy atom. The molecular formula is C17H19BrN2. The topological polar surface area (TPSA) is 16.1 Å². The minimum Gasteiger partial charge on any atom is -0.299 e. The molecule has 2 heterocycles. The predicted molar refractivity (Wildman–Crippen MR) is 85.6 cm³/mol. The van der Waals surface area contributed by atoms with Gasteiger partial charge >= 0.3 is 0 Å². The van der Waals surface area contributed by atoms with Crippen molar-refractivity contribution in [1.82, 2.24) is 9.88 Å². The number of rotatable bonds is 3. The van der Waals surface area contributed by atoms with Gasteiger partial charge in [-0.05, 0) is 61.2 Å². The highest BCUT2D eigenvalue weighted by Crippen LogP contribution is 2.33. The first kappa shape index (κ1) is 13.8. The minimum absolute atomic E-state index is 0.694. The fourth-order valence-electron chi connectivity index (χ4n) is 2.95. The normalized spacial score (nSPS) is 17.2. The fraction of sp³-hybridized carbons (Fsp3) is 0.353. The lowest BCUT2D eigenvalue weighted by Gasteiger charge is -2.32. The highest BCUT2D eigenvalue weighted by Gasteiger charge is 2.21. The third kappa shape index (κ3) is 3.28. The van der Waals surface area contributed by atoms with Crippen LogP contribution in [0.2, 0.25) is 0 Å². The molecule has 104 valence electrons. The second-order valence-corrected chi connectivity index (χ2v) is 6.28. The lowest BCUT2D eigenvalue weighted by molar-refractivity contribution is 0.204. The number of pyridine rings is 1. The molecule has 3 heteroatoms. The van der Waals surface area contributed by atoms with Crippen LogP contribution >= 0.6 is 15.9 Å². The molecule has 3 rings (SSSR count). The first-order chi connectivity index (χ1) is 9.83. The van der Waals surface area contributed by atoms with Crippen LogP contribution in [0.5, 0.6) is 0 Å². The summed E-state index contributed by atoms with van der Waals surface area (Å²) in [6.07, 6.45) is 6.24. The molecule has 20 heavy (non-hydrogen) atoms. The Labute approximate surface area is 129 Å². The highest BCUT2D eigenvalue weighted by molar-refractivity contribution is 9.10. The molecule has 0 spiro atoms. The molecule has 2 nitrogen and oxygen atoms in total. The number of hydrogen-bond donors (Lipinski definition) is 0. The van der Waals surface area contributed by atoms with Gasteiger partial charge in [-0.3, -0.25) is 9.88 Å². The molecule has 1 aliphatic heterocycles. The number of halogens is 1. The maximum atomic E-state index is 4.08. The number of hydrogen-bond acceptors (Lipinski definition) is 2. The number of likely N-dealkylation sites (tertiary alicyclic amines) is 1. The van der Waals surface area contributed by atoms with Gasteiger partial charge in [-0.1, -0.05) is 34.1 Å². The van der Waals surface area contributed by atoms with Crippen LogP contribution in [0.1, 0.15) is 29.9 Å². The van der Waals surface area contributed by atoms with E-state index in [1.807, 2.05) is 12.4 Å². The summed E-state index contributed by atoms with van der Waals surface area (Å²) in [5.74, 6) is 0.694. The molecule has 0 N–H and O–H groups in total. The van der Waals surface area contributed by atoms with Gasteiger partial charge in [-0.2, -0.15) is 0 Å². The summed E-state index contributed by atoms with van der Waals surface area (Å²) in [6.45, 7) is 3.40. The van der Waals surface area contributed by atoms with Crippen LogP contribution in [0, 0.1) is 0 Å². The molecule has 0 radical (unpaired) electrons. The molecule has 1 aromatic carbocycles. The third-order valence-corrected chi connectivity index (χ3v) is 4.81. The Kier molecular flexibility index (Phi) is 4.48. The third-order valence-electron chi connectivity index (χ3n) is 4.09. The molecule has 0 amide bonds. The molecule has 1 saturated heterocycles. The van der Waals surface area contributed by atoms with Crippen molar-refractivity contribution in [3.05, 3.63) is 64.4 Å². The summed E-state index contributed by atoms with van der Waals surface area (Å²) in [5, 5.41) is 0. The molecule has 0 unspecified atom stereocenters. The monoisotopic (exact) mass is 330 g/mol. The fourth-order valence-corrected chi connectivity index (χ4v) is 3.56. The van der Waals surface area contributed by atoms with E-state index < -0.39 is 0 Å². The van der Waals surface area contributed by atoms with Crippen LogP contribution in [-0.4, -0.2) is 23.0 Å². The summed E-state index contributed by atoms with van der Waals surface area (Å²) < 4.78 is 1.26. The van der Waals surface area contributed by atoms with E-state index in [2.05, 4.69) is 62.2 Å². The second kappa shape index (κ2) is 6.51. The van der Waals surface area contributed by atoms with Crippen LogP contribution in [0.4, 0.5) is 0 Å². The zero-order valence-corrected chi connectivity index (χ0v) is 13.1. The van der Waals surface area contributed by atoms with Gasteiger partial charge in [0.05, 0.1) is 0 Å². The van der Waals surface area contributed by atoms with Gasteiger partial charge in [0.15, 0.2) is 0 Å². The molecule has 1 fully saturated rings. The van der Waals surface area contributed by atoms with Crippen molar-refractivity contribution in [2.45, 2.75) is 25.3 Å². The summed E-state index contributed by atoms with van der Waals surface area (Å²) >= 11 is 3.68. The lowest BCUT2D eigenvalue weighted by atomic mass is 9.89. The zero-order valence-electron chi connectivity index (χ0n) is 11.5. The van der Waals surface area contributed by atoms with Gasteiger partial charge in [0.25, 0.3) is 0 Å². The van der Waals surface area contributed by atoms with Gasteiger partial charge in [0, 0.05) is 23.4 Å². The van der Waals surface area contributed by atoms with Crippen molar-refractivity contribution in [3.63, 3.8) is 0 Å². The van der Waals surface area contributed by atoms with E-state index in [1.54, 1.807) is 0 Å². The Hall–Kier alpha value is -1.19. The molecule has 1 aromatic heterocycles. The number of piperidine rings is 1. The van der Waals surface area contributed by atoms with Gasteiger partial charge in [-0.15, -0.1) is 0 Å². The molecule has 1 aliphatic rings. The summed E-state index contributed by atoms with van der Waals surface area (Å²) in [6, 6.07) is 12.9. The molecular weight excluding hydrogens is 312 g/mol. The van der Waals surface area contributed by atoms with E-state index in [0.717, 1.165) is 6.54 Å². The predicted octanol–water partition coefficient (Wildman–Crippen LogP) is 4.22. The molecule has 0 aliphatic carbocycles. The lowest BCUT2D eigenvalue weighted by Crippen LogP contribution is -2.32. The average molecular weight is 331 g/mol. The average Bonchev–Trinajstić information content (AvgIpc) is 2.50. The first-order valence-electron chi connectivity index (χ1n) is 7.18. The first-order valence-corrected chi connectivity index (χ1v) is 7.98. The number of benzene rings is 1.